The van der Waals surface area contributed by atoms with Gasteiger partial charge >= 0.3 is 0 Å². The van der Waals surface area contributed by atoms with Crippen LogP contribution in [0.2, 0.25) is 0 Å². The molecule has 0 aliphatic rings. The van der Waals surface area contributed by atoms with Crippen molar-refractivity contribution in [1.29, 1.82) is 0 Å². The third-order valence-electron chi connectivity index (χ3n) is 4.15. The van der Waals surface area contributed by atoms with Crippen LogP contribution in [-0.2, 0) is 9.59 Å². The lowest BCUT2D eigenvalue weighted by Gasteiger charge is -2.25. The van der Waals surface area contributed by atoms with Crippen LogP contribution in [0.4, 0.5) is 11.4 Å². The number of ether oxygens (including phenoxy) is 2. The summed E-state index contributed by atoms with van der Waals surface area (Å²) in [6.45, 7) is 5.44. The predicted octanol–water partition coefficient (Wildman–Crippen LogP) is 4.62. The Bertz CT molecular complexity index is 803. The number of para-hydroxylation sites is 1. The van der Waals surface area contributed by atoms with E-state index in [1.807, 2.05) is 25.1 Å². The fourth-order valence-electron chi connectivity index (χ4n) is 2.53. The Morgan fingerprint density at radius 2 is 1.75 bits per heavy atom. The molecule has 2 aromatic carbocycles. The number of amides is 2. The van der Waals surface area contributed by atoms with Gasteiger partial charge in [-0.1, -0.05) is 31.5 Å². The second-order valence-electron chi connectivity index (χ2n) is 6.95. The number of rotatable bonds is 9. The van der Waals surface area contributed by atoms with Crippen LogP contribution in [-0.4, -0.2) is 24.5 Å². The van der Waals surface area contributed by atoms with Gasteiger partial charge in [0.2, 0.25) is 5.91 Å². The van der Waals surface area contributed by atoms with Crippen molar-refractivity contribution in [3.8, 4) is 11.5 Å². The van der Waals surface area contributed by atoms with Crippen molar-refractivity contribution in [2.45, 2.75) is 45.6 Å². The van der Waals surface area contributed by atoms with Gasteiger partial charge in [0.05, 0.1) is 12.8 Å². The van der Waals surface area contributed by atoms with Gasteiger partial charge in [-0.3, -0.25) is 9.59 Å². The molecule has 0 fully saturated rings. The minimum atomic E-state index is -1.07. The standard InChI is InChI=1S/C22H28N2O4/c1-5-6-12-20(25)24-18-14-13-16(15-19(18)27-4)23-21(26)22(2,3)28-17-10-8-7-9-11-17/h7-11,13-15H,5-6,12H2,1-4H3,(H,23,26)(H,24,25). The van der Waals surface area contributed by atoms with E-state index in [9.17, 15) is 9.59 Å². The Morgan fingerprint density at radius 1 is 1.04 bits per heavy atom. The minimum absolute atomic E-state index is 0.0608. The maximum absolute atomic E-state index is 12.7. The van der Waals surface area contributed by atoms with E-state index in [0.29, 0.717) is 29.3 Å². The molecule has 0 spiro atoms. The van der Waals surface area contributed by atoms with E-state index in [2.05, 4.69) is 10.6 Å². The molecular formula is C22H28N2O4. The van der Waals surface area contributed by atoms with Gasteiger partial charge in [0.15, 0.2) is 5.60 Å². The lowest BCUT2D eigenvalue weighted by molar-refractivity contribution is -0.128. The number of anilines is 2. The molecule has 0 aliphatic heterocycles. The molecule has 0 unspecified atom stereocenters. The summed E-state index contributed by atoms with van der Waals surface area (Å²) in [6, 6.07) is 14.3. The van der Waals surface area contributed by atoms with Gasteiger partial charge in [-0.25, -0.2) is 0 Å². The highest BCUT2D eigenvalue weighted by atomic mass is 16.5. The smallest absolute Gasteiger partial charge is 0.267 e. The number of unbranched alkanes of at least 4 members (excludes halogenated alkanes) is 1. The zero-order valence-corrected chi connectivity index (χ0v) is 16.9. The van der Waals surface area contributed by atoms with Crippen LogP contribution in [0.25, 0.3) is 0 Å². The van der Waals surface area contributed by atoms with E-state index in [0.717, 1.165) is 12.8 Å². The molecule has 0 heterocycles. The molecule has 2 rings (SSSR count). The molecule has 0 bridgehead atoms. The van der Waals surface area contributed by atoms with Crippen LogP contribution < -0.4 is 20.1 Å². The number of benzene rings is 2. The van der Waals surface area contributed by atoms with E-state index >= 15 is 0 Å². The summed E-state index contributed by atoms with van der Waals surface area (Å²) in [5.41, 5.74) is 0.0567. The second-order valence-corrected chi connectivity index (χ2v) is 6.95. The van der Waals surface area contributed by atoms with E-state index < -0.39 is 5.60 Å². The van der Waals surface area contributed by atoms with Gasteiger partial charge in [0.1, 0.15) is 11.5 Å². The lowest BCUT2D eigenvalue weighted by Crippen LogP contribution is -2.42. The van der Waals surface area contributed by atoms with Crippen LogP contribution in [0.15, 0.2) is 48.5 Å². The number of nitrogens with one attached hydrogen (secondary N) is 2. The van der Waals surface area contributed by atoms with Crippen LogP contribution in [0.5, 0.6) is 11.5 Å². The molecule has 0 aromatic heterocycles. The van der Waals surface area contributed by atoms with Crippen molar-refractivity contribution in [2.24, 2.45) is 0 Å². The van der Waals surface area contributed by atoms with Gasteiger partial charge in [0, 0.05) is 18.2 Å². The topological polar surface area (TPSA) is 76.7 Å². The average Bonchev–Trinajstić information content (AvgIpc) is 2.67. The van der Waals surface area contributed by atoms with E-state index in [4.69, 9.17) is 9.47 Å². The fourth-order valence-corrected chi connectivity index (χ4v) is 2.53. The molecule has 2 N–H and O–H groups in total. The van der Waals surface area contributed by atoms with E-state index in [-0.39, 0.29) is 11.8 Å². The first-order valence-corrected chi connectivity index (χ1v) is 9.39. The molecule has 6 nitrogen and oxygen atoms in total. The summed E-state index contributed by atoms with van der Waals surface area (Å²) in [5, 5.41) is 5.67. The molecule has 2 aromatic rings. The molecule has 0 saturated heterocycles. The summed E-state index contributed by atoms with van der Waals surface area (Å²) in [4.78, 5) is 24.6. The van der Waals surface area contributed by atoms with Crippen molar-refractivity contribution >= 4 is 23.2 Å². The van der Waals surface area contributed by atoms with E-state index in [1.54, 1.807) is 44.2 Å². The third-order valence-corrected chi connectivity index (χ3v) is 4.15. The van der Waals surface area contributed by atoms with Crippen molar-refractivity contribution < 1.29 is 19.1 Å². The zero-order valence-electron chi connectivity index (χ0n) is 16.9. The largest absolute Gasteiger partial charge is 0.494 e. The molecule has 2 amide bonds. The van der Waals surface area contributed by atoms with Gasteiger partial charge < -0.3 is 20.1 Å². The Balaban J connectivity index is 2.06. The molecule has 28 heavy (non-hydrogen) atoms. The Hall–Kier alpha value is -3.02. The monoisotopic (exact) mass is 384 g/mol. The third kappa shape index (κ3) is 6.01. The highest BCUT2D eigenvalue weighted by molar-refractivity contribution is 5.98. The quantitative estimate of drug-likeness (QED) is 0.661. The van der Waals surface area contributed by atoms with Crippen LogP contribution >= 0.6 is 0 Å². The normalized spacial score (nSPS) is 10.9. The number of carbonyl (C=O) groups excluding carboxylic acids is 2. The number of hydrogen-bond donors (Lipinski definition) is 2. The molecule has 6 heteroatoms. The number of hydrogen-bond acceptors (Lipinski definition) is 4. The molecule has 0 atom stereocenters. The number of carbonyl (C=O) groups is 2. The Kier molecular flexibility index (Phi) is 7.44. The Labute approximate surface area is 166 Å². The van der Waals surface area contributed by atoms with Gasteiger partial charge in [-0.15, -0.1) is 0 Å². The van der Waals surface area contributed by atoms with E-state index in [1.165, 1.54) is 7.11 Å². The first kappa shape index (κ1) is 21.3. The summed E-state index contributed by atoms with van der Waals surface area (Å²) in [6.07, 6.45) is 2.25. The van der Waals surface area contributed by atoms with Crippen LogP contribution in [0.3, 0.4) is 0 Å². The van der Waals surface area contributed by atoms with Crippen molar-refractivity contribution in [1.82, 2.24) is 0 Å². The van der Waals surface area contributed by atoms with Gasteiger partial charge in [-0.05, 0) is 44.5 Å². The maximum Gasteiger partial charge on any atom is 0.267 e. The van der Waals surface area contributed by atoms with Gasteiger partial charge in [0.25, 0.3) is 5.91 Å². The minimum Gasteiger partial charge on any atom is -0.494 e. The highest BCUT2D eigenvalue weighted by Gasteiger charge is 2.30. The zero-order chi connectivity index (χ0) is 20.6. The molecular weight excluding hydrogens is 356 g/mol. The number of methoxy groups -OCH3 is 1. The first-order valence-electron chi connectivity index (χ1n) is 9.39. The van der Waals surface area contributed by atoms with Crippen LogP contribution in [0.1, 0.15) is 40.0 Å². The average molecular weight is 384 g/mol. The fraction of sp³-hybridized carbons (Fsp3) is 0.364. The molecule has 0 aliphatic carbocycles. The van der Waals surface area contributed by atoms with Crippen molar-refractivity contribution in [3.05, 3.63) is 48.5 Å². The van der Waals surface area contributed by atoms with Crippen molar-refractivity contribution in [3.63, 3.8) is 0 Å². The summed E-state index contributed by atoms with van der Waals surface area (Å²) < 4.78 is 11.2. The summed E-state index contributed by atoms with van der Waals surface area (Å²) >= 11 is 0. The summed E-state index contributed by atoms with van der Waals surface area (Å²) in [5.74, 6) is 0.738. The predicted molar refractivity (Wildman–Crippen MR) is 111 cm³/mol. The molecule has 0 saturated carbocycles. The summed E-state index contributed by atoms with van der Waals surface area (Å²) in [7, 11) is 1.52. The second kappa shape index (κ2) is 9.78. The SMILES string of the molecule is CCCCC(=O)Nc1ccc(NC(=O)C(C)(C)Oc2ccccc2)cc1OC. The Morgan fingerprint density at radius 3 is 2.39 bits per heavy atom. The van der Waals surface area contributed by atoms with Crippen molar-refractivity contribution in [2.75, 3.05) is 17.7 Å². The lowest BCUT2D eigenvalue weighted by atomic mass is 10.1. The van der Waals surface area contributed by atoms with Crippen LogP contribution in [0, 0.1) is 0 Å². The maximum atomic E-state index is 12.7. The highest BCUT2D eigenvalue weighted by Crippen LogP contribution is 2.29. The van der Waals surface area contributed by atoms with Gasteiger partial charge in [-0.2, -0.15) is 0 Å². The molecule has 150 valence electrons. The first-order chi connectivity index (χ1) is 13.4. The molecule has 0 radical (unpaired) electrons.